The third-order valence-electron chi connectivity index (χ3n) is 6.32. The Morgan fingerprint density at radius 2 is 1.84 bits per heavy atom. The Hall–Kier alpha value is -2.46. The Kier molecular flexibility index (Phi) is 15.9. The number of ether oxygens (including phenoxy) is 4. The molecule has 2 rings (SSSR count). The van der Waals surface area contributed by atoms with Crippen molar-refractivity contribution in [2.45, 2.75) is 114 Å². The summed E-state index contributed by atoms with van der Waals surface area (Å²) in [4.78, 5) is 50.9. The number of nitrogens with one attached hydrogen (secondary N) is 2. The fraction of sp³-hybridized carbons (Fsp3) is 0.724. The summed E-state index contributed by atoms with van der Waals surface area (Å²) in [6.45, 7) is 12.9. The van der Waals surface area contributed by atoms with E-state index in [4.69, 9.17) is 18.9 Å². The monoisotopic (exact) mass is 658 g/mol. The Labute approximate surface area is 267 Å². The Morgan fingerprint density at radius 1 is 1.16 bits per heavy atom. The summed E-state index contributed by atoms with van der Waals surface area (Å²) in [5.41, 5.74) is -0.323. The molecule has 0 radical (unpaired) electrons. The second-order valence-corrected chi connectivity index (χ2v) is 14.8. The molecule has 1 saturated heterocycles. The Bertz CT molecular complexity index is 1090. The summed E-state index contributed by atoms with van der Waals surface area (Å²) in [5.74, 6) is -0.873. The number of carbonyl (C=O) groups excluding carboxylic acids is 3. The van der Waals surface area contributed by atoms with Crippen LogP contribution in [0.3, 0.4) is 0 Å². The lowest BCUT2D eigenvalue weighted by molar-refractivity contribution is -0.385. The lowest BCUT2D eigenvalue weighted by atomic mass is 10.1. The van der Waals surface area contributed by atoms with Gasteiger partial charge in [0.1, 0.15) is 17.8 Å². The Balaban J connectivity index is 1.54. The topological polar surface area (TPSA) is 168 Å². The van der Waals surface area contributed by atoms with Gasteiger partial charge in [-0.3, -0.25) is 24.5 Å². The minimum Gasteiger partial charge on any atom is -0.460 e. The average Bonchev–Trinajstić information content (AvgIpc) is 3.30. The largest absolute Gasteiger partial charge is 0.460 e. The number of carbonyl (C=O) groups is 3. The van der Waals surface area contributed by atoms with Gasteiger partial charge in [0, 0.05) is 43.2 Å². The maximum atomic E-state index is 12.3. The number of rotatable bonds is 20. The zero-order chi connectivity index (χ0) is 32.8. The van der Waals surface area contributed by atoms with Crippen molar-refractivity contribution >= 4 is 45.1 Å². The molecular formula is C29H46N4O9S2. The van der Waals surface area contributed by atoms with Crippen LogP contribution < -0.4 is 10.6 Å². The van der Waals surface area contributed by atoms with Gasteiger partial charge in [0.25, 0.3) is 5.69 Å². The minimum atomic E-state index is -0.714. The quantitative estimate of drug-likeness (QED) is 0.0501. The maximum absolute atomic E-state index is 12.3. The predicted molar refractivity (Wildman–Crippen MR) is 168 cm³/mol. The molecule has 0 aromatic carbocycles. The van der Waals surface area contributed by atoms with Crippen LogP contribution in [-0.4, -0.2) is 82.8 Å². The summed E-state index contributed by atoms with van der Waals surface area (Å²) >= 11 is 0. The number of nitro groups is 1. The molecule has 2 amide bonds. The van der Waals surface area contributed by atoms with Crippen molar-refractivity contribution in [3.8, 4) is 0 Å². The van der Waals surface area contributed by atoms with Gasteiger partial charge in [-0.05, 0) is 71.2 Å². The van der Waals surface area contributed by atoms with Crippen molar-refractivity contribution in [2.24, 2.45) is 0 Å². The second kappa shape index (κ2) is 18.5. The van der Waals surface area contributed by atoms with E-state index in [9.17, 15) is 24.5 Å². The molecule has 13 nitrogen and oxygen atoms in total. The smallest absolute Gasteiger partial charge is 0.306 e. The molecule has 15 heteroatoms. The first-order valence-electron chi connectivity index (χ1n) is 14.7. The lowest BCUT2D eigenvalue weighted by Gasteiger charge is -2.24. The third kappa shape index (κ3) is 16.0. The number of aromatic nitrogens is 1. The van der Waals surface area contributed by atoms with E-state index < -0.39 is 17.2 Å². The van der Waals surface area contributed by atoms with E-state index in [0.717, 1.165) is 0 Å². The van der Waals surface area contributed by atoms with Crippen LogP contribution in [0.5, 0.6) is 0 Å². The highest BCUT2D eigenvalue weighted by Crippen LogP contribution is 2.42. The van der Waals surface area contributed by atoms with Gasteiger partial charge in [-0.25, -0.2) is 4.98 Å². The predicted octanol–water partition coefficient (Wildman–Crippen LogP) is 4.57. The second-order valence-electron chi connectivity index (χ2n) is 11.9. The zero-order valence-corrected chi connectivity index (χ0v) is 28.1. The SMILES string of the molecule is CC(C)OC(COC(=O)CCC(=O)NCCCNC(=O)CCC(C)(C)SSc1ccc([N+](=O)[O-])cn1)OC1COC(C)(C)C1. The molecule has 44 heavy (non-hydrogen) atoms. The summed E-state index contributed by atoms with van der Waals surface area (Å²) in [5, 5.41) is 17.0. The number of hydrogen-bond acceptors (Lipinski definition) is 12. The zero-order valence-electron chi connectivity index (χ0n) is 26.4. The molecule has 0 saturated carbocycles. The Morgan fingerprint density at radius 3 is 2.41 bits per heavy atom. The molecule has 0 bridgehead atoms. The van der Waals surface area contributed by atoms with Crippen LogP contribution in [0.1, 0.15) is 80.1 Å². The van der Waals surface area contributed by atoms with E-state index in [0.29, 0.717) is 50.4 Å². The average molecular weight is 659 g/mol. The molecule has 2 heterocycles. The van der Waals surface area contributed by atoms with Crippen LogP contribution in [-0.2, 0) is 33.3 Å². The number of amides is 2. The molecule has 1 aromatic rings. The summed E-state index contributed by atoms with van der Waals surface area (Å²) in [7, 11) is 2.96. The van der Waals surface area contributed by atoms with E-state index in [1.807, 2.05) is 41.5 Å². The highest BCUT2D eigenvalue weighted by atomic mass is 33.1. The van der Waals surface area contributed by atoms with Gasteiger partial charge in [-0.15, -0.1) is 0 Å². The molecule has 2 N–H and O–H groups in total. The van der Waals surface area contributed by atoms with Gasteiger partial charge in [-0.1, -0.05) is 10.8 Å². The highest BCUT2D eigenvalue weighted by Gasteiger charge is 2.34. The standard InChI is InChI=1S/C29H46N4O9S2/c1-20(2)41-27(42-22-16-28(3,4)40-18-22)19-39-26(36)11-9-23(34)30-14-7-15-31-24(35)12-13-29(5,6)44-43-25-10-8-21(17-32-25)33(37)38/h8,10,17,20,22,27H,7,9,11-16,18-19H2,1-6H3,(H,30,34)(H,31,35). The van der Waals surface area contributed by atoms with Gasteiger partial charge in [0.05, 0.1) is 35.8 Å². The molecule has 1 aliphatic heterocycles. The van der Waals surface area contributed by atoms with E-state index in [1.54, 1.807) is 16.9 Å². The summed E-state index contributed by atoms with van der Waals surface area (Å²) in [6, 6.07) is 3.02. The number of esters is 1. The van der Waals surface area contributed by atoms with Gasteiger partial charge in [0.15, 0.2) is 6.29 Å². The first-order valence-corrected chi connectivity index (χ1v) is 16.9. The molecule has 1 aromatic heterocycles. The maximum Gasteiger partial charge on any atom is 0.306 e. The summed E-state index contributed by atoms with van der Waals surface area (Å²) in [6.07, 6.45) is 2.40. The highest BCUT2D eigenvalue weighted by molar-refractivity contribution is 8.77. The van der Waals surface area contributed by atoms with E-state index >= 15 is 0 Å². The molecule has 1 fully saturated rings. The fourth-order valence-corrected chi connectivity index (χ4v) is 6.21. The van der Waals surface area contributed by atoms with Crippen molar-refractivity contribution in [3.05, 3.63) is 28.4 Å². The van der Waals surface area contributed by atoms with Crippen molar-refractivity contribution in [1.29, 1.82) is 0 Å². The van der Waals surface area contributed by atoms with Crippen molar-refractivity contribution < 1.29 is 38.3 Å². The fourth-order valence-electron chi connectivity index (χ4n) is 4.01. The van der Waals surface area contributed by atoms with Crippen LogP contribution in [0.4, 0.5) is 5.69 Å². The van der Waals surface area contributed by atoms with Gasteiger partial charge >= 0.3 is 5.97 Å². The van der Waals surface area contributed by atoms with Crippen LogP contribution in [0, 0.1) is 10.1 Å². The van der Waals surface area contributed by atoms with E-state index in [2.05, 4.69) is 15.6 Å². The normalized spacial score (nSPS) is 16.8. The van der Waals surface area contributed by atoms with Crippen LogP contribution in [0.15, 0.2) is 23.4 Å². The minimum absolute atomic E-state index is 0.00738. The van der Waals surface area contributed by atoms with E-state index in [1.165, 1.54) is 23.1 Å². The number of hydrogen-bond donors (Lipinski definition) is 2. The molecule has 2 atom stereocenters. The molecular weight excluding hydrogens is 612 g/mol. The van der Waals surface area contributed by atoms with Gasteiger partial charge in [-0.2, -0.15) is 0 Å². The first-order chi connectivity index (χ1) is 20.6. The number of pyridine rings is 1. The molecule has 0 spiro atoms. The van der Waals surface area contributed by atoms with Crippen molar-refractivity contribution in [3.63, 3.8) is 0 Å². The lowest BCUT2D eigenvalue weighted by Crippen LogP contribution is -2.33. The molecule has 248 valence electrons. The molecule has 1 aliphatic rings. The van der Waals surface area contributed by atoms with Gasteiger partial charge in [0.2, 0.25) is 11.8 Å². The third-order valence-corrected chi connectivity index (χ3v) is 9.59. The first kappa shape index (κ1) is 37.7. The van der Waals surface area contributed by atoms with Crippen LogP contribution in [0.25, 0.3) is 0 Å². The molecule has 2 unspecified atom stereocenters. The molecule has 0 aliphatic carbocycles. The summed E-state index contributed by atoms with van der Waals surface area (Å²) < 4.78 is 22.4. The van der Waals surface area contributed by atoms with Crippen molar-refractivity contribution in [2.75, 3.05) is 26.3 Å². The van der Waals surface area contributed by atoms with Crippen LogP contribution >= 0.6 is 21.6 Å². The van der Waals surface area contributed by atoms with Crippen LogP contribution in [0.2, 0.25) is 0 Å². The van der Waals surface area contributed by atoms with E-state index in [-0.39, 0.29) is 59.5 Å². The van der Waals surface area contributed by atoms with Crippen molar-refractivity contribution in [1.82, 2.24) is 15.6 Å². The number of nitrogens with zero attached hydrogens (tertiary/aromatic N) is 2. The van der Waals surface area contributed by atoms with Gasteiger partial charge < -0.3 is 29.6 Å².